The first-order valence-electron chi connectivity index (χ1n) is 6.77. The molecule has 112 valence electrons. The molecule has 0 bridgehead atoms. The lowest BCUT2D eigenvalue weighted by Crippen LogP contribution is -2.35. The summed E-state index contributed by atoms with van der Waals surface area (Å²) in [7, 11) is 0. The predicted molar refractivity (Wildman–Crippen MR) is 88.4 cm³/mol. The van der Waals surface area contributed by atoms with E-state index in [2.05, 4.69) is 11.1 Å². The fourth-order valence-electron chi connectivity index (χ4n) is 2.48. The number of benzene rings is 1. The molecule has 0 aliphatic carbocycles. The molecule has 0 spiro atoms. The highest BCUT2D eigenvalue weighted by Gasteiger charge is 2.25. The van der Waals surface area contributed by atoms with Gasteiger partial charge in [-0.15, -0.1) is 23.7 Å². The van der Waals surface area contributed by atoms with Gasteiger partial charge in [0.1, 0.15) is 10.7 Å². The van der Waals surface area contributed by atoms with Gasteiger partial charge < -0.3 is 10.6 Å². The molecule has 3 rings (SSSR count). The maximum atomic E-state index is 12.6. The van der Waals surface area contributed by atoms with Crippen LogP contribution in [0.2, 0.25) is 0 Å². The first-order chi connectivity index (χ1) is 9.66. The van der Waals surface area contributed by atoms with E-state index in [0.29, 0.717) is 5.69 Å². The van der Waals surface area contributed by atoms with Crippen LogP contribution in [0.3, 0.4) is 0 Å². The summed E-state index contributed by atoms with van der Waals surface area (Å²) in [6.45, 7) is 2.63. The van der Waals surface area contributed by atoms with Crippen LogP contribution in [0.1, 0.15) is 40.4 Å². The van der Waals surface area contributed by atoms with Gasteiger partial charge in [-0.3, -0.25) is 4.79 Å². The molecule has 1 aromatic heterocycles. The molecule has 6 heteroatoms. The summed E-state index contributed by atoms with van der Waals surface area (Å²) in [5.41, 5.74) is 8.55. The maximum Gasteiger partial charge on any atom is 0.277 e. The molecule has 2 aromatic rings. The van der Waals surface area contributed by atoms with Crippen LogP contribution in [0.4, 0.5) is 5.69 Å². The number of amides is 1. The molecule has 0 saturated carbocycles. The second-order valence-electron chi connectivity index (χ2n) is 5.05. The maximum absolute atomic E-state index is 12.6. The monoisotopic (exact) mass is 323 g/mol. The highest BCUT2D eigenvalue weighted by Crippen LogP contribution is 2.28. The summed E-state index contributed by atoms with van der Waals surface area (Å²) < 4.78 is 0. The molecule has 1 aromatic carbocycles. The van der Waals surface area contributed by atoms with Crippen molar-refractivity contribution in [2.24, 2.45) is 5.73 Å². The molecular weight excluding hydrogens is 306 g/mol. The quantitative estimate of drug-likeness (QED) is 0.923. The predicted octanol–water partition coefficient (Wildman–Crippen LogP) is 3.18. The fraction of sp³-hybridized carbons (Fsp3) is 0.333. The molecule has 1 amide bonds. The Morgan fingerprint density at radius 1 is 1.43 bits per heavy atom. The molecule has 2 N–H and O–H groups in total. The molecule has 0 fully saturated rings. The molecule has 1 unspecified atom stereocenters. The largest absolute Gasteiger partial charge is 0.322 e. The van der Waals surface area contributed by atoms with Gasteiger partial charge in [0.2, 0.25) is 0 Å². The number of aromatic nitrogens is 1. The topological polar surface area (TPSA) is 59.2 Å². The number of para-hydroxylation sites is 1. The van der Waals surface area contributed by atoms with Crippen LogP contribution < -0.4 is 10.6 Å². The first kappa shape index (κ1) is 15.9. The van der Waals surface area contributed by atoms with E-state index in [1.54, 1.807) is 5.38 Å². The van der Waals surface area contributed by atoms with Crippen molar-refractivity contribution in [3.63, 3.8) is 0 Å². The Hall–Kier alpha value is -1.43. The average molecular weight is 324 g/mol. The van der Waals surface area contributed by atoms with E-state index >= 15 is 0 Å². The van der Waals surface area contributed by atoms with Gasteiger partial charge >= 0.3 is 0 Å². The summed E-state index contributed by atoms with van der Waals surface area (Å²) in [6.07, 6.45) is 2.02. The summed E-state index contributed by atoms with van der Waals surface area (Å²) in [6, 6.07) is 7.95. The number of fused-ring (bicyclic) bond motifs is 1. The first-order valence-corrected chi connectivity index (χ1v) is 7.65. The Bertz CT molecular complexity index is 641. The van der Waals surface area contributed by atoms with Crippen molar-refractivity contribution in [1.82, 2.24) is 4.98 Å². The third kappa shape index (κ3) is 3.10. The van der Waals surface area contributed by atoms with Gasteiger partial charge in [-0.2, -0.15) is 0 Å². The zero-order chi connectivity index (χ0) is 14.1. The lowest BCUT2D eigenvalue weighted by atomic mass is 10.0. The Labute approximate surface area is 134 Å². The van der Waals surface area contributed by atoms with Gasteiger partial charge in [-0.25, -0.2) is 4.98 Å². The summed E-state index contributed by atoms with van der Waals surface area (Å²) in [4.78, 5) is 18.8. The number of nitrogens with zero attached hydrogens (tertiary/aromatic N) is 2. The van der Waals surface area contributed by atoms with Crippen molar-refractivity contribution < 1.29 is 4.79 Å². The number of thiazole rings is 1. The number of carbonyl (C=O) groups is 1. The molecule has 21 heavy (non-hydrogen) atoms. The Balaban J connectivity index is 0.00000161. The van der Waals surface area contributed by atoms with Crippen molar-refractivity contribution in [2.75, 3.05) is 11.4 Å². The number of hydrogen-bond donors (Lipinski definition) is 1. The minimum atomic E-state index is -0.129. The summed E-state index contributed by atoms with van der Waals surface area (Å²) in [5, 5.41) is 2.61. The normalized spacial score (nSPS) is 15.0. The summed E-state index contributed by atoms with van der Waals surface area (Å²) >= 11 is 1.45. The molecule has 0 radical (unpaired) electrons. The lowest BCUT2D eigenvalue weighted by molar-refractivity contribution is 0.0981. The van der Waals surface area contributed by atoms with Crippen LogP contribution in [0.5, 0.6) is 0 Å². The minimum absolute atomic E-state index is 0. The number of rotatable bonds is 2. The zero-order valence-corrected chi connectivity index (χ0v) is 13.4. The third-order valence-corrected chi connectivity index (χ3v) is 4.53. The molecule has 0 saturated heterocycles. The van der Waals surface area contributed by atoms with Gasteiger partial charge in [0.25, 0.3) is 5.91 Å². The minimum Gasteiger partial charge on any atom is -0.322 e. The highest BCUT2D eigenvalue weighted by atomic mass is 35.5. The molecule has 4 nitrogen and oxygen atoms in total. The van der Waals surface area contributed by atoms with E-state index in [4.69, 9.17) is 5.73 Å². The van der Waals surface area contributed by atoms with E-state index in [1.807, 2.05) is 30.0 Å². The fourth-order valence-corrected chi connectivity index (χ4v) is 3.23. The van der Waals surface area contributed by atoms with Crippen LogP contribution in [-0.4, -0.2) is 17.4 Å². The number of nitrogens with two attached hydrogens (primary N) is 1. The van der Waals surface area contributed by atoms with Gasteiger partial charge in [0, 0.05) is 17.6 Å². The second-order valence-corrected chi connectivity index (χ2v) is 5.94. The number of hydrogen-bond acceptors (Lipinski definition) is 4. The number of aryl methyl sites for hydroxylation is 1. The number of halogens is 1. The molecule has 1 atom stereocenters. The van der Waals surface area contributed by atoms with Crippen LogP contribution in [0.25, 0.3) is 0 Å². The third-order valence-electron chi connectivity index (χ3n) is 3.49. The van der Waals surface area contributed by atoms with Gasteiger partial charge in [0.05, 0.1) is 6.04 Å². The van der Waals surface area contributed by atoms with Crippen molar-refractivity contribution in [3.05, 3.63) is 45.9 Å². The zero-order valence-electron chi connectivity index (χ0n) is 11.8. The SMILES string of the molecule is CC(N)c1nc(C(=O)N2CCCc3ccccc32)cs1.Cl. The van der Waals surface area contributed by atoms with E-state index in [-0.39, 0.29) is 24.4 Å². The van der Waals surface area contributed by atoms with E-state index in [9.17, 15) is 4.79 Å². The Kier molecular flexibility index (Phi) is 4.98. The lowest BCUT2D eigenvalue weighted by Gasteiger charge is -2.28. The van der Waals surface area contributed by atoms with E-state index in [1.165, 1.54) is 16.9 Å². The Morgan fingerprint density at radius 2 is 2.19 bits per heavy atom. The van der Waals surface area contributed by atoms with Gasteiger partial charge in [0.15, 0.2) is 0 Å². The number of anilines is 1. The van der Waals surface area contributed by atoms with Crippen molar-refractivity contribution >= 4 is 35.3 Å². The average Bonchev–Trinajstić information content (AvgIpc) is 2.96. The highest BCUT2D eigenvalue weighted by molar-refractivity contribution is 7.09. The van der Waals surface area contributed by atoms with Crippen LogP contribution in [0, 0.1) is 0 Å². The van der Waals surface area contributed by atoms with Crippen molar-refractivity contribution in [2.45, 2.75) is 25.8 Å². The van der Waals surface area contributed by atoms with Crippen molar-refractivity contribution in [1.29, 1.82) is 0 Å². The van der Waals surface area contributed by atoms with E-state index in [0.717, 1.165) is 30.1 Å². The summed E-state index contributed by atoms with van der Waals surface area (Å²) in [5.74, 6) is -0.0275. The second kappa shape index (κ2) is 6.56. The van der Waals surface area contributed by atoms with Crippen molar-refractivity contribution in [3.8, 4) is 0 Å². The number of carbonyl (C=O) groups excluding carboxylic acids is 1. The van der Waals surface area contributed by atoms with Gasteiger partial charge in [-0.1, -0.05) is 18.2 Å². The van der Waals surface area contributed by atoms with Crippen LogP contribution in [-0.2, 0) is 6.42 Å². The van der Waals surface area contributed by atoms with Crippen LogP contribution in [0.15, 0.2) is 29.6 Å². The molecular formula is C15H18ClN3OS. The smallest absolute Gasteiger partial charge is 0.277 e. The Morgan fingerprint density at radius 3 is 2.90 bits per heavy atom. The molecule has 1 aliphatic rings. The standard InChI is InChI=1S/C15H17N3OS.ClH/c1-10(16)14-17-12(9-20-14)15(19)18-8-4-6-11-5-2-3-7-13(11)18;/h2-3,5,7,9-10H,4,6,8,16H2,1H3;1H. The van der Waals surface area contributed by atoms with Gasteiger partial charge in [-0.05, 0) is 31.4 Å². The van der Waals surface area contributed by atoms with Crippen LogP contribution >= 0.6 is 23.7 Å². The molecule has 1 aliphatic heterocycles. The molecule has 2 heterocycles. The van der Waals surface area contributed by atoms with E-state index < -0.39 is 0 Å².